The molecular weight excluding hydrogens is 500 g/mol. The summed E-state index contributed by atoms with van der Waals surface area (Å²) in [6.45, 7) is 3.84. The van der Waals surface area contributed by atoms with Crippen LogP contribution in [0.1, 0.15) is 49.7 Å². The second-order valence-corrected chi connectivity index (χ2v) is 13.7. The number of nitrogens with one attached hydrogen (secondary N) is 1. The Balaban J connectivity index is 1.22. The maximum absolute atomic E-state index is 13.5. The zero-order chi connectivity index (χ0) is 26.2. The molecular formula is C29H32N4O4S. The summed E-state index contributed by atoms with van der Waals surface area (Å²) in [5.41, 5.74) is 3.41. The lowest BCUT2D eigenvalue weighted by Gasteiger charge is -2.41. The van der Waals surface area contributed by atoms with E-state index in [1.165, 1.54) is 0 Å². The molecule has 4 fully saturated rings. The number of rotatable bonds is 8. The van der Waals surface area contributed by atoms with E-state index >= 15 is 0 Å². The van der Waals surface area contributed by atoms with Gasteiger partial charge in [-0.3, -0.25) is 24.2 Å². The maximum Gasteiger partial charge on any atom is 0.256 e. The first-order valence-electron chi connectivity index (χ1n) is 13.7. The predicted molar refractivity (Wildman–Crippen MR) is 145 cm³/mol. The molecule has 1 N–H and O–H groups in total. The van der Waals surface area contributed by atoms with Gasteiger partial charge in [0.25, 0.3) is 5.91 Å². The monoisotopic (exact) mass is 532 g/mol. The van der Waals surface area contributed by atoms with Gasteiger partial charge in [0.05, 0.1) is 10.9 Å². The predicted octanol–water partition coefficient (Wildman–Crippen LogP) is 3.56. The number of benzene rings is 2. The number of aliphatic imine (C=N–C) groups is 1. The van der Waals surface area contributed by atoms with Crippen molar-refractivity contribution in [2.45, 2.75) is 56.2 Å². The highest BCUT2D eigenvalue weighted by Crippen LogP contribution is 2.47. The molecule has 8 nitrogen and oxygen atoms in total. The van der Waals surface area contributed by atoms with Crippen LogP contribution in [0.4, 0.5) is 5.69 Å². The summed E-state index contributed by atoms with van der Waals surface area (Å²) in [6, 6.07) is 13.8. The molecule has 0 atom stereocenters. The number of amides is 2. The first-order chi connectivity index (χ1) is 18.2. The minimum Gasteiger partial charge on any atom is -0.342 e. The standard InChI is InChI=1S/C29H32N4O4S/c1-18-3-2-4-21(13-18)22-7-10-24(25(14-22)31-38(36,37)23-8-9-23)26-30-29(11-12-29)28(35)33(26)17-19-15-32(16-19)27(34)20-5-6-20/h2-4,7,10,13-14,19-20,23,31H,5-6,8-9,11-12,15-17H2,1H3. The minimum absolute atomic E-state index is 0.00164. The number of hydrogen-bond acceptors (Lipinski definition) is 5. The molecule has 0 radical (unpaired) electrons. The third-order valence-corrected chi connectivity index (χ3v) is 10.3. The summed E-state index contributed by atoms with van der Waals surface area (Å²) in [4.78, 5) is 34.5. The molecule has 38 heavy (non-hydrogen) atoms. The summed E-state index contributed by atoms with van der Waals surface area (Å²) < 4.78 is 28.9. The summed E-state index contributed by atoms with van der Waals surface area (Å²) >= 11 is 0. The van der Waals surface area contributed by atoms with Gasteiger partial charge in [-0.2, -0.15) is 0 Å². The van der Waals surface area contributed by atoms with Crippen molar-refractivity contribution < 1.29 is 18.0 Å². The highest BCUT2D eigenvalue weighted by atomic mass is 32.2. The van der Waals surface area contributed by atoms with Gasteiger partial charge in [0.15, 0.2) is 0 Å². The highest BCUT2D eigenvalue weighted by molar-refractivity contribution is 7.93. The fourth-order valence-electron chi connectivity index (χ4n) is 5.63. The molecule has 1 spiro atoms. The van der Waals surface area contributed by atoms with E-state index in [0.29, 0.717) is 62.4 Å². The normalized spacial score (nSPS) is 22.4. The van der Waals surface area contributed by atoms with Crippen LogP contribution >= 0.6 is 0 Å². The molecule has 2 amide bonds. The topological polar surface area (TPSA) is 99.2 Å². The van der Waals surface area contributed by atoms with Gasteiger partial charge in [0.2, 0.25) is 15.9 Å². The third-order valence-electron chi connectivity index (χ3n) is 8.41. The van der Waals surface area contributed by atoms with E-state index < -0.39 is 15.6 Å². The number of aryl methyl sites for hydroxylation is 1. The van der Waals surface area contributed by atoms with E-state index in [-0.39, 0.29) is 28.9 Å². The number of amidine groups is 1. The first kappa shape index (κ1) is 23.9. The Labute approximate surface area is 223 Å². The van der Waals surface area contributed by atoms with Crippen molar-refractivity contribution in [3.05, 3.63) is 53.6 Å². The Bertz CT molecular complexity index is 1480. The number of likely N-dealkylation sites (tertiary alicyclic amines) is 1. The van der Waals surface area contributed by atoms with E-state index in [1.807, 2.05) is 48.2 Å². The lowest BCUT2D eigenvalue weighted by Crippen LogP contribution is -2.55. The van der Waals surface area contributed by atoms with Gasteiger partial charge in [-0.05, 0) is 68.7 Å². The van der Waals surface area contributed by atoms with Crippen molar-refractivity contribution >= 4 is 33.4 Å². The molecule has 9 heteroatoms. The van der Waals surface area contributed by atoms with Gasteiger partial charge in [-0.1, -0.05) is 35.9 Å². The molecule has 198 valence electrons. The number of carbonyl (C=O) groups excluding carboxylic acids is 2. The van der Waals surface area contributed by atoms with Crippen molar-refractivity contribution in [1.82, 2.24) is 9.80 Å². The Morgan fingerprint density at radius 3 is 2.45 bits per heavy atom. The SMILES string of the molecule is Cc1cccc(-c2ccc(C3=NC4(CC4)C(=O)N3CC3CN(C(=O)C4CC4)C3)c(NS(=O)(=O)C3CC3)c2)c1. The lowest BCUT2D eigenvalue weighted by atomic mass is 9.97. The maximum atomic E-state index is 13.5. The summed E-state index contributed by atoms with van der Waals surface area (Å²) in [7, 11) is -3.53. The van der Waals surface area contributed by atoms with E-state index in [2.05, 4.69) is 10.8 Å². The number of sulfonamides is 1. The van der Waals surface area contributed by atoms with Crippen molar-refractivity contribution in [3.63, 3.8) is 0 Å². The number of anilines is 1. The zero-order valence-corrected chi connectivity index (χ0v) is 22.3. The summed E-state index contributed by atoms with van der Waals surface area (Å²) in [5.74, 6) is 1.18. The molecule has 2 aromatic carbocycles. The second kappa shape index (κ2) is 8.40. The van der Waals surface area contributed by atoms with E-state index in [9.17, 15) is 18.0 Å². The molecule has 3 saturated carbocycles. The molecule has 2 aromatic rings. The van der Waals surface area contributed by atoms with Gasteiger partial charge < -0.3 is 4.90 Å². The van der Waals surface area contributed by atoms with Gasteiger partial charge in [-0.15, -0.1) is 0 Å². The molecule has 1 saturated heterocycles. The number of nitrogens with zero attached hydrogens (tertiary/aromatic N) is 3. The van der Waals surface area contributed by atoms with Crippen LogP contribution in [0.15, 0.2) is 47.5 Å². The average molecular weight is 533 g/mol. The van der Waals surface area contributed by atoms with Crippen molar-refractivity contribution in [2.24, 2.45) is 16.8 Å². The first-order valence-corrected chi connectivity index (χ1v) is 15.2. The van der Waals surface area contributed by atoms with Crippen LogP contribution in [0.3, 0.4) is 0 Å². The molecule has 2 aliphatic heterocycles. The van der Waals surface area contributed by atoms with Crippen LogP contribution < -0.4 is 4.72 Å². The van der Waals surface area contributed by atoms with Gasteiger partial charge in [0.1, 0.15) is 11.4 Å². The molecule has 5 aliphatic rings. The van der Waals surface area contributed by atoms with E-state index in [0.717, 1.165) is 29.5 Å². The van der Waals surface area contributed by atoms with E-state index in [4.69, 9.17) is 4.99 Å². The number of carbonyl (C=O) groups is 2. The van der Waals surface area contributed by atoms with E-state index in [1.54, 1.807) is 4.90 Å². The molecule has 0 unspecified atom stereocenters. The van der Waals surface area contributed by atoms with Crippen LogP contribution in [0.2, 0.25) is 0 Å². The molecule has 0 aromatic heterocycles. The quantitative estimate of drug-likeness (QED) is 0.562. The third kappa shape index (κ3) is 4.21. The van der Waals surface area contributed by atoms with Crippen LogP contribution in [-0.4, -0.2) is 66.3 Å². The Hall–Kier alpha value is -3.20. The van der Waals surface area contributed by atoms with Crippen LogP contribution in [0, 0.1) is 18.8 Å². The Kier molecular flexibility index (Phi) is 5.28. The Morgan fingerprint density at radius 2 is 1.79 bits per heavy atom. The molecule has 2 heterocycles. The number of hydrogen-bond donors (Lipinski definition) is 1. The zero-order valence-electron chi connectivity index (χ0n) is 21.5. The van der Waals surface area contributed by atoms with Crippen molar-refractivity contribution in [2.75, 3.05) is 24.4 Å². The van der Waals surface area contributed by atoms with Crippen molar-refractivity contribution in [3.8, 4) is 11.1 Å². The Morgan fingerprint density at radius 1 is 1.05 bits per heavy atom. The van der Waals surface area contributed by atoms with Gasteiger partial charge in [-0.25, -0.2) is 8.42 Å². The van der Waals surface area contributed by atoms with Crippen LogP contribution in [0.5, 0.6) is 0 Å². The van der Waals surface area contributed by atoms with Crippen molar-refractivity contribution in [1.29, 1.82) is 0 Å². The average Bonchev–Trinajstić information content (AvgIpc) is 3.73. The fourth-order valence-corrected chi connectivity index (χ4v) is 7.03. The highest BCUT2D eigenvalue weighted by Gasteiger charge is 2.58. The van der Waals surface area contributed by atoms with Crippen LogP contribution in [-0.2, 0) is 19.6 Å². The molecule has 0 bridgehead atoms. The molecule has 3 aliphatic carbocycles. The lowest BCUT2D eigenvalue weighted by molar-refractivity contribution is -0.139. The van der Waals surface area contributed by atoms with Gasteiger partial charge in [0, 0.05) is 37.0 Å². The second-order valence-electron chi connectivity index (χ2n) is 11.7. The smallest absolute Gasteiger partial charge is 0.256 e. The largest absolute Gasteiger partial charge is 0.342 e. The minimum atomic E-state index is -3.53. The summed E-state index contributed by atoms with van der Waals surface area (Å²) in [5, 5.41) is -0.374. The van der Waals surface area contributed by atoms with Gasteiger partial charge >= 0.3 is 0 Å². The molecule has 7 rings (SSSR count). The fraction of sp³-hybridized carbons (Fsp3) is 0.483. The summed E-state index contributed by atoms with van der Waals surface area (Å²) in [6.07, 6.45) is 4.73. The van der Waals surface area contributed by atoms with Crippen LogP contribution in [0.25, 0.3) is 11.1 Å².